The van der Waals surface area contributed by atoms with E-state index in [1.165, 1.54) is 32.0 Å². The van der Waals surface area contributed by atoms with Gasteiger partial charge in [-0.05, 0) is 32.0 Å². The Hall–Kier alpha value is -3.80. The minimum atomic E-state index is -1.09. The number of esters is 2. The third-order valence-corrected chi connectivity index (χ3v) is 4.71. The summed E-state index contributed by atoms with van der Waals surface area (Å²) < 4.78 is 16.3. The van der Waals surface area contributed by atoms with Crippen LogP contribution in [0.15, 0.2) is 30.3 Å². The molecule has 9 heteroatoms. The number of aromatic nitrogens is 2. The van der Waals surface area contributed by atoms with E-state index in [1.54, 1.807) is 26.0 Å². The van der Waals surface area contributed by atoms with Crippen molar-refractivity contribution >= 4 is 17.7 Å². The van der Waals surface area contributed by atoms with Crippen LogP contribution in [0.4, 0.5) is 0 Å². The van der Waals surface area contributed by atoms with Gasteiger partial charge in [-0.15, -0.1) is 10.2 Å². The predicted octanol–water partition coefficient (Wildman–Crippen LogP) is 2.55. The highest BCUT2D eigenvalue weighted by Crippen LogP contribution is 2.45. The zero-order chi connectivity index (χ0) is 22.1. The van der Waals surface area contributed by atoms with E-state index in [9.17, 15) is 19.6 Å². The smallest absolute Gasteiger partial charge is 0.309 e. The van der Waals surface area contributed by atoms with Crippen molar-refractivity contribution in [1.29, 1.82) is 5.26 Å². The maximum atomic E-state index is 13.1. The van der Waals surface area contributed by atoms with Gasteiger partial charge in [0.2, 0.25) is 11.8 Å². The lowest BCUT2D eigenvalue weighted by Crippen LogP contribution is -2.49. The van der Waals surface area contributed by atoms with Crippen molar-refractivity contribution in [2.75, 3.05) is 0 Å². The fourth-order valence-corrected chi connectivity index (χ4v) is 3.31. The van der Waals surface area contributed by atoms with Crippen LogP contribution in [-0.4, -0.2) is 34.0 Å². The van der Waals surface area contributed by atoms with Gasteiger partial charge in [0.05, 0.1) is 17.0 Å². The first-order chi connectivity index (χ1) is 14.1. The number of nitrogens with zero attached hydrogens (tertiary/aromatic N) is 3. The molecule has 9 nitrogen and oxygen atoms in total. The number of rotatable bonds is 4. The molecule has 1 aliphatic rings. The third kappa shape index (κ3) is 3.98. The highest BCUT2D eigenvalue weighted by Gasteiger charge is 2.51. The van der Waals surface area contributed by atoms with E-state index in [0.29, 0.717) is 16.7 Å². The molecule has 0 spiro atoms. The number of ether oxygens (including phenoxy) is 3. The number of ketones is 1. The molecule has 0 N–H and O–H groups in total. The van der Waals surface area contributed by atoms with Crippen molar-refractivity contribution in [3.8, 4) is 17.8 Å². The lowest BCUT2D eigenvalue weighted by atomic mass is 9.69. The van der Waals surface area contributed by atoms with Crippen LogP contribution in [0.1, 0.15) is 55.3 Å². The van der Waals surface area contributed by atoms with E-state index in [1.807, 2.05) is 6.07 Å². The van der Waals surface area contributed by atoms with E-state index in [0.717, 1.165) is 0 Å². The molecule has 1 aliphatic carbocycles. The monoisotopic (exact) mass is 409 g/mol. The molecule has 0 aliphatic heterocycles. The Morgan fingerprint density at radius 2 is 1.73 bits per heavy atom. The molecule has 1 heterocycles. The average Bonchev–Trinajstić information content (AvgIpc) is 2.69. The number of carbonyl (C=O) groups is 3. The number of carbonyl (C=O) groups excluding carboxylic acids is 3. The number of hydrogen-bond donors (Lipinski definition) is 0. The van der Waals surface area contributed by atoms with Crippen LogP contribution in [0.2, 0.25) is 0 Å². The molecule has 0 saturated heterocycles. The standard InChI is InChI=1S/C21H19N3O6/c1-11(25)28-16-7-8-17(24-23-16)30-18-15-9-13(10-22)5-6-14(15)19(27)21(3,4)20(18)29-12(2)26/h5-9,18,20H,1-4H3/t18-,20+/m0/s1. The van der Waals surface area contributed by atoms with Gasteiger partial charge >= 0.3 is 11.9 Å². The average molecular weight is 409 g/mol. The minimum absolute atomic E-state index is 0.00213. The van der Waals surface area contributed by atoms with Gasteiger partial charge in [-0.1, -0.05) is 0 Å². The molecular weight excluding hydrogens is 390 g/mol. The molecular formula is C21H19N3O6. The van der Waals surface area contributed by atoms with Crippen molar-refractivity contribution in [3.05, 3.63) is 47.0 Å². The Kier molecular flexibility index (Phi) is 5.52. The van der Waals surface area contributed by atoms with Gasteiger partial charge in [0.25, 0.3) is 0 Å². The molecule has 2 atom stereocenters. The van der Waals surface area contributed by atoms with Crippen LogP contribution in [0.5, 0.6) is 11.8 Å². The van der Waals surface area contributed by atoms with Gasteiger partial charge in [0, 0.05) is 37.1 Å². The summed E-state index contributed by atoms with van der Waals surface area (Å²) in [5.41, 5.74) is 0.0166. The second-order valence-electron chi connectivity index (χ2n) is 7.34. The van der Waals surface area contributed by atoms with Crippen LogP contribution in [0.3, 0.4) is 0 Å². The topological polar surface area (TPSA) is 128 Å². The zero-order valence-electron chi connectivity index (χ0n) is 16.8. The van der Waals surface area contributed by atoms with Crippen molar-refractivity contribution in [2.24, 2.45) is 5.41 Å². The summed E-state index contributed by atoms with van der Waals surface area (Å²) in [7, 11) is 0. The van der Waals surface area contributed by atoms with Gasteiger partial charge in [-0.25, -0.2) is 0 Å². The second-order valence-corrected chi connectivity index (χ2v) is 7.34. The maximum Gasteiger partial charge on any atom is 0.309 e. The molecule has 3 rings (SSSR count). The summed E-state index contributed by atoms with van der Waals surface area (Å²) in [5.74, 6) is -1.29. The van der Waals surface area contributed by atoms with Gasteiger partial charge in [-0.2, -0.15) is 5.26 Å². The van der Waals surface area contributed by atoms with Crippen LogP contribution >= 0.6 is 0 Å². The number of hydrogen-bond acceptors (Lipinski definition) is 9. The second kappa shape index (κ2) is 7.91. The number of benzene rings is 1. The molecule has 2 aromatic rings. The maximum absolute atomic E-state index is 13.1. The van der Waals surface area contributed by atoms with E-state index in [4.69, 9.17) is 14.2 Å². The van der Waals surface area contributed by atoms with Crippen molar-refractivity contribution < 1.29 is 28.6 Å². The number of Topliss-reactive ketones (excluding diaryl/α,β-unsaturated/α-hetero) is 1. The summed E-state index contributed by atoms with van der Waals surface area (Å²) in [4.78, 5) is 35.9. The fraction of sp³-hybridized carbons (Fsp3) is 0.333. The number of nitriles is 1. The van der Waals surface area contributed by atoms with Gasteiger partial charge in [-0.3, -0.25) is 14.4 Å². The van der Waals surface area contributed by atoms with Crippen molar-refractivity contribution in [2.45, 2.75) is 39.9 Å². The fourth-order valence-electron chi connectivity index (χ4n) is 3.31. The molecule has 0 unspecified atom stereocenters. The molecule has 0 amide bonds. The Bertz CT molecular complexity index is 1060. The van der Waals surface area contributed by atoms with Crippen LogP contribution < -0.4 is 9.47 Å². The Balaban J connectivity index is 2.06. The van der Waals surface area contributed by atoms with Crippen molar-refractivity contribution in [1.82, 2.24) is 10.2 Å². The summed E-state index contributed by atoms with van der Waals surface area (Å²) in [5, 5.41) is 16.9. The predicted molar refractivity (Wildman–Crippen MR) is 102 cm³/mol. The van der Waals surface area contributed by atoms with Crippen LogP contribution in [-0.2, 0) is 14.3 Å². The lowest BCUT2D eigenvalue weighted by Gasteiger charge is -2.42. The van der Waals surface area contributed by atoms with E-state index in [2.05, 4.69) is 10.2 Å². The highest BCUT2D eigenvalue weighted by molar-refractivity contribution is 6.03. The molecule has 0 radical (unpaired) electrons. The highest BCUT2D eigenvalue weighted by atomic mass is 16.6. The van der Waals surface area contributed by atoms with Gasteiger partial charge in [0.15, 0.2) is 18.0 Å². The van der Waals surface area contributed by atoms with E-state index < -0.39 is 29.6 Å². The van der Waals surface area contributed by atoms with Gasteiger partial charge in [0.1, 0.15) is 0 Å². The first-order valence-electron chi connectivity index (χ1n) is 9.08. The molecule has 0 saturated carbocycles. The Morgan fingerprint density at radius 3 is 2.30 bits per heavy atom. The summed E-state index contributed by atoms with van der Waals surface area (Å²) in [6.45, 7) is 5.80. The minimum Gasteiger partial charge on any atom is -0.464 e. The first kappa shape index (κ1) is 20.9. The molecule has 1 aromatic carbocycles. The third-order valence-electron chi connectivity index (χ3n) is 4.71. The molecule has 0 bridgehead atoms. The first-order valence-corrected chi connectivity index (χ1v) is 9.08. The van der Waals surface area contributed by atoms with E-state index in [-0.39, 0.29) is 17.5 Å². The molecule has 154 valence electrons. The molecule has 0 fully saturated rings. The molecule has 30 heavy (non-hydrogen) atoms. The normalized spacial score (nSPS) is 19.2. The van der Waals surface area contributed by atoms with Gasteiger partial charge < -0.3 is 14.2 Å². The van der Waals surface area contributed by atoms with Crippen molar-refractivity contribution in [3.63, 3.8) is 0 Å². The largest absolute Gasteiger partial charge is 0.464 e. The van der Waals surface area contributed by atoms with Crippen LogP contribution in [0, 0.1) is 16.7 Å². The summed E-state index contributed by atoms with van der Waals surface area (Å²) in [6, 6.07) is 9.50. The SMILES string of the molecule is CC(=O)Oc1ccc(O[C@H]2c3cc(C#N)ccc3C(=O)C(C)(C)[C@@H]2OC(C)=O)nn1. The Labute approximate surface area is 172 Å². The quantitative estimate of drug-likeness (QED) is 0.699. The van der Waals surface area contributed by atoms with E-state index >= 15 is 0 Å². The zero-order valence-corrected chi connectivity index (χ0v) is 16.8. The number of fused-ring (bicyclic) bond motifs is 1. The van der Waals surface area contributed by atoms with Crippen LogP contribution in [0.25, 0.3) is 0 Å². The Morgan fingerprint density at radius 1 is 1.07 bits per heavy atom. The summed E-state index contributed by atoms with van der Waals surface area (Å²) in [6.07, 6.45) is -1.89. The summed E-state index contributed by atoms with van der Waals surface area (Å²) >= 11 is 0. The molecule has 1 aromatic heterocycles. The lowest BCUT2D eigenvalue weighted by molar-refractivity contribution is -0.159.